The number of furan rings is 1. The van der Waals surface area contributed by atoms with E-state index in [1.165, 1.54) is 0 Å². The third-order valence-electron chi connectivity index (χ3n) is 3.01. The first-order valence-corrected chi connectivity index (χ1v) is 5.59. The Bertz CT molecular complexity index is 364. The molecule has 0 N–H and O–H groups in total. The van der Waals surface area contributed by atoms with Crippen molar-refractivity contribution in [1.82, 2.24) is 4.90 Å². The van der Waals surface area contributed by atoms with Crippen molar-refractivity contribution in [3.63, 3.8) is 0 Å². The Morgan fingerprint density at radius 1 is 1.44 bits per heavy atom. The number of rotatable bonds is 2. The molecule has 1 amide bonds. The zero-order chi connectivity index (χ0) is 11.5. The van der Waals surface area contributed by atoms with Gasteiger partial charge in [-0.25, -0.2) is 0 Å². The van der Waals surface area contributed by atoms with Gasteiger partial charge in [-0.05, 0) is 31.9 Å². The van der Waals surface area contributed by atoms with Crippen LogP contribution in [0.15, 0.2) is 16.5 Å². The van der Waals surface area contributed by atoms with Crippen LogP contribution in [0.1, 0.15) is 29.2 Å². The van der Waals surface area contributed by atoms with Crippen molar-refractivity contribution in [3.8, 4) is 0 Å². The van der Waals surface area contributed by atoms with Crippen LogP contribution in [-0.4, -0.2) is 37.1 Å². The number of hydrogen-bond acceptors (Lipinski definition) is 3. The molecule has 0 aromatic carbocycles. The van der Waals surface area contributed by atoms with Crippen LogP contribution in [0.2, 0.25) is 0 Å². The van der Waals surface area contributed by atoms with Crippen LogP contribution in [0.4, 0.5) is 0 Å². The molecule has 88 valence electrons. The lowest BCUT2D eigenvalue weighted by molar-refractivity contribution is 0.0334. The van der Waals surface area contributed by atoms with Crippen LogP contribution in [0.5, 0.6) is 0 Å². The van der Waals surface area contributed by atoms with E-state index in [4.69, 9.17) is 9.15 Å². The lowest BCUT2D eigenvalue weighted by atomic mass is 10.1. The molecule has 0 spiro atoms. The first-order chi connectivity index (χ1) is 7.70. The van der Waals surface area contributed by atoms with E-state index in [-0.39, 0.29) is 5.91 Å². The van der Waals surface area contributed by atoms with Crippen molar-refractivity contribution in [1.29, 1.82) is 0 Å². The minimum absolute atomic E-state index is 0.0114. The number of carbonyl (C=O) groups is 1. The van der Waals surface area contributed by atoms with Gasteiger partial charge in [-0.2, -0.15) is 0 Å². The number of likely N-dealkylation sites (tertiary alicyclic amines) is 1. The molecule has 0 radical (unpaired) electrons. The van der Waals surface area contributed by atoms with Gasteiger partial charge in [0.15, 0.2) is 5.76 Å². The van der Waals surface area contributed by atoms with E-state index in [1.807, 2.05) is 17.9 Å². The molecule has 4 nitrogen and oxygen atoms in total. The molecule has 2 rings (SSSR count). The average molecular weight is 223 g/mol. The summed E-state index contributed by atoms with van der Waals surface area (Å²) in [6.07, 6.45) is 2.10. The Balaban J connectivity index is 1.96. The van der Waals surface area contributed by atoms with Crippen molar-refractivity contribution in [2.75, 3.05) is 20.2 Å². The summed E-state index contributed by atoms with van der Waals surface area (Å²) in [5, 5.41) is 0. The SMILES string of the molecule is COC1CCN(C(=O)c2ccc(C)o2)CC1. The summed E-state index contributed by atoms with van der Waals surface area (Å²) in [6.45, 7) is 3.34. The summed E-state index contributed by atoms with van der Waals surface area (Å²) in [5.74, 6) is 1.20. The van der Waals surface area contributed by atoms with Gasteiger partial charge in [0.05, 0.1) is 6.10 Å². The minimum atomic E-state index is -0.0114. The molecule has 1 saturated heterocycles. The Morgan fingerprint density at radius 2 is 2.12 bits per heavy atom. The van der Waals surface area contributed by atoms with Gasteiger partial charge in [-0.15, -0.1) is 0 Å². The first kappa shape index (κ1) is 11.2. The van der Waals surface area contributed by atoms with Crippen molar-refractivity contribution < 1.29 is 13.9 Å². The lowest BCUT2D eigenvalue weighted by Crippen LogP contribution is -2.40. The van der Waals surface area contributed by atoms with Crippen LogP contribution in [-0.2, 0) is 4.74 Å². The number of piperidine rings is 1. The summed E-state index contributed by atoms with van der Waals surface area (Å²) in [5.41, 5.74) is 0. The number of aryl methyl sites for hydroxylation is 1. The van der Waals surface area contributed by atoms with Crippen LogP contribution in [0.3, 0.4) is 0 Å². The zero-order valence-corrected chi connectivity index (χ0v) is 9.73. The predicted octanol–water partition coefficient (Wildman–Crippen LogP) is 1.84. The fourth-order valence-corrected chi connectivity index (χ4v) is 2.00. The number of hydrogen-bond donors (Lipinski definition) is 0. The van der Waals surface area contributed by atoms with Gasteiger partial charge < -0.3 is 14.1 Å². The first-order valence-electron chi connectivity index (χ1n) is 5.59. The summed E-state index contributed by atoms with van der Waals surface area (Å²) < 4.78 is 10.6. The molecular formula is C12H17NO3. The number of methoxy groups -OCH3 is 1. The second kappa shape index (κ2) is 4.70. The maximum atomic E-state index is 12.0. The quantitative estimate of drug-likeness (QED) is 0.768. The van der Waals surface area contributed by atoms with E-state index in [0.29, 0.717) is 11.9 Å². The van der Waals surface area contributed by atoms with Gasteiger partial charge in [-0.3, -0.25) is 4.79 Å². The molecule has 1 aromatic rings. The third-order valence-corrected chi connectivity index (χ3v) is 3.01. The second-order valence-electron chi connectivity index (χ2n) is 4.14. The topological polar surface area (TPSA) is 42.7 Å². The molecule has 4 heteroatoms. The van der Waals surface area contributed by atoms with Crippen molar-refractivity contribution >= 4 is 5.91 Å². The summed E-state index contributed by atoms with van der Waals surface area (Å²) in [6, 6.07) is 3.55. The molecule has 0 unspecified atom stereocenters. The monoisotopic (exact) mass is 223 g/mol. The highest BCUT2D eigenvalue weighted by atomic mass is 16.5. The molecule has 16 heavy (non-hydrogen) atoms. The van der Waals surface area contributed by atoms with Gasteiger partial charge in [-0.1, -0.05) is 0 Å². The standard InChI is InChI=1S/C12H17NO3/c1-9-3-4-11(16-9)12(14)13-7-5-10(15-2)6-8-13/h3-4,10H,5-8H2,1-2H3. The molecule has 2 heterocycles. The second-order valence-corrected chi connectivity index (χ2v) is 4.14. The van der Waals surface area contributed by atoms with E-state index in [2.05, 4.69) is 0 Å². The van der Waals surface area contributed by atoms with Crippen LogP contribution in [0.25, 0.3) is 0 Å². The zero-order valence-electron chi connectivity index (χ0n) is 9.73. The van der Waals surface area contributed by atoms with Gasteiger partial charge in [0.25, 0.3) is 5.91 Å². The average Bonchev–Trinajstić information content (AvgIpc) is 2.75. The Morgan fingerprint density at radius 3 is 2.62 bits per heavy atom. The molecule has 1 aliphatic rings. The third kappa shape index (κ3) is 2.27. The molecule has 1 aromatic heterocycles. The highest BCUT2D eigenvalue weighted by Crippen LogP contribution is 2.16. The van der Waals surface area contributed by atoms with Gasteiger partial charge in [0.2, 0.25) is 0 Å². The Kier molecular flexibility index (Phi) is 3.29. The number of nitrogens with zero attached hydrogens (tertiary/aromatic N) is 1. The van der Waals surface area contributed by atoms with Crippen molar-refractivity contribution in [3.05, 3.63) is 23.7 Å². The fraction of sp³-hybridized carbons (Fsp3) is 0.583. The normalized spacial score (nSPS) is 17.8. The molecular weight excluding hydrogens is 206 g/mol. The summed E-state index contributed by atoms with van der Waals surface area (Å²) in [4.78, 5) is 13.8. The van der Waals surface area contributed by atoms with E-state index < -0.39 is 0 Å². The predicted molar refractivity (Wildman–Crippen MR) is 59.4 cm³/mol. The molecule has 1 aliphatic heterocycles. The Hall–Kier alpha value is -1.29. The maximum absolute atomic E-state index is 12.0. The molecule has 0 aliphatic carbocycles. The van der Waals surface area contributed by atoms with Gasteiger partial charge in [0, 0.05) is 20.2 Å². The van der Waals surface area contributed by atoms with E-state index in [1.54, 1.807) is 13.2 Å². The van der Waals surface area contributed by atoms with E-state index >= 15 is 0 Å². The minimum Gasteiger partial charge on any atom is -0.456 e. The lowest BCUT2D eigenvalue weighted by Gasteiger charge is -2.30. The highest BCUT2D eigenvalue weighted by Gasteiger charge is 2.24. The number of carbonyl (C=O) groups excluding carboxylic acids is 1. The maximum Gasteiger partial charge on any atom is 0.289 e. The van der Waals surface area contributed by atoms with Crippen LogP contribution < -0.4 is 0 Å². The van der Waals surface area contributed by atoms with Gasteiger partial charge >= 0.3 is 0 Å². The molecule has 0 atom stereocenters. The van der Waals surface area contributed by atoms with Crippen molar-refractivity contribution in [2.45, 2.75) is 25.9 Å². The smallest absolute Gasteiger partial charge is 0.289 e. The fourth-order valence-electron chi connectivity index (χ4n) is 2.00. The number of amides is 1. The largest absolute Gasteiger partial charge is 0.456 e. The molecule has 0 saturated carbocycles. The summed E-state index contributed by atoms with van der Waals surface area (Å²) >= 11 is 0. The van der Waals surface area contributed by atoms with Crippen molar-refractivity contribution in [2.24, 2.45) is 0 Å². The molecule has 1 fully saturated rings. The summed E-state index contributed by atoms with van der Waals surface area (Å²) in [7, 11) is 1.72. The Labute approximate surface area is 95.2 Å². The van der Waals surface area contributed by atoms with E-state index in [9.17, 15) is 4.79 Å². The molecule has 0 bridgehead atoms. The van der Waals surface area contributed by atoms with Crippen LogP contribution in [0, 0.1) is 6.92 Å². The van der Waals surface area contributed by atoms with E-state index in [0.717, 1.165) is 31.7 Å². The number of ether oxygens (including phenoxy) is 1. The van der Waals surface area contributed by atoms with Crippen LogP contribution >= 0.6 is 0 Å². The highest BCUT2D eigenvalue weighted by molar-refractivity contribution is 5.91. The van der Waals surface area contributed by atoms with Gasteiger partial charge in [0.1, 0.15) is 5.76 Å².